The van der Waals surface area contributed by atoms with Gasteiger partial charge in [0.1, 0.15) is 5.82 Å². The molecule has 216 valence electrons. The van der Waals surface area contributed by atoms with Crippen LogP contribution in [0.25, 0.3) is 0 Å². The molecule has 0 bridgehead atoms. The molecule has 2 aromatic rings. The number of carbonyl (C=O) groups is 1. The van der Waals surface area contributed by atoms with Crippen LogP contribution in [0.3, 0.4) is 0 Å². The first-order valence-electron chi connectivity index (χ1n) is 14.0. The number of hydrogen-bond donors (Lipinski definition) is 7. The highest BCUT2D eigenvalue weighted by atomic mass is 16.4. The van der Waals surface area contributed by atoms with E-state index in [1.54, 1.807) is 12.3 Å². The number of guanidine groups is 1. The Morgan fingerprint density at radius 1 is 0.974 bits per heavy atom. The van der Waals surface area contributed by atoms with Crippen LogP contribution in [0.15, 0.2) is 58.1 Å². The fourth-order valence-corrected chi connectivity index (χ4v) is 4.82. The Hall–Kier alpha value is -3.53. The number of aliphatic hydroxyl groups is 1. The van der Waals surface area contributed by atoms with Crippen molar-refractivity contribution in [2.75, 3.05) is 18.5 Å². The van der Waals surface area contributed by atoms with Gasteiger partial charge in [-0.05, 0) is 54.9 Å². The molecule has 0 saturated carbocycles. The minimum Gasteiger partial charge on any atom is -0.478 e. The first kappa shape index (κ1) is 31.7. The number of nitrogens with zero attached hydrogens (tertiary/aromatic N) is 1. The quantitative estimate of drug-likeness (QED) is 0.0540. The largest absolute Gasteiger partial charge is 0.478 e. The van der Waals surface area contributed by atoms with Crippen molar-refractivity contribution in [1.82, 2.24) is 9.97 Å². The first-order chi connectivity index (χ1) is 18.9. The van der Waals surface area contributed by atoms with E-state index in [2.05, 4.69) is 20.3 Å². The van der Waals surface area contributed by atoms with E-state index >= 15 is 0 Å². The van der Waals surface area contributed by atoms with Crippen molar-refractivity contribution in [3.8, 4) is 0 Å². The van der Waals surface area contributed by atoms with E-state index < -0.39 is 5.97 Å². The van der Waals surface area contributed by atoms with Gasteiger partial charge in [0.2, 0.25) is 5.56 Å². The third kappa shape index (κ3) is 14.3. The van der Waals surface area contributed by atoms with Crippen LogP contribution in [0.2, 0.25) is 0 Å². The van der Waals surface area contributed by atoms with Gasteiger partial charge in [0.05, 0.1) is 12.6 Å². The molecule has 10 nitrogen and oxygen atoms in total. The van der Waals surface area contributed by atoms with E-state index in [0.717, 1.165) is 49.9 Å². The van der Waals surface area contributed by atoms with E-state index in [4.69, 9.17) is 16.6 Å². The second-order valence-corrected chi connectivity index (χ2v) is 10.1. The van der Waals surface area contributed by atoms with E-state index in [1.807, 2.05) is 24.4 Å². The molecule has 2 atom stereocenters. The molecule has 39 heavy (non-hydrogen) atoms. The van der Waals surface area contributed by atoms with Gasteiger partial charge in [0, 0.05) is 31.1 Å². The number of hydrogen-bond acceptors (Lipinski definition) is 5. The highest BCUT2D eigenvalue weighted by molar-refractivity contribution is 5.81. The molecule has 0 fully saturated rings. The number of aliphatic imine (C=N–C) groups is 1. The van der Waals surface area contributed by atoms with Crippen LogP contribution in [0, 0.1) is 5.92 Å². The highest BCUT2D eigenvalue weighted by Crippen LogP contribution is 2.25. The number of unbranched alkanes of at least 4 members (excludes halogenated alkanes) is 7. The summed E-state index contributed by atoms with van der Waals surface area (Å²) in [6.45, 7) is 0.371. The van der Waals surface area contributed by atoms with Crippen molar-refractivity contribution in [1.29, 1.82) is 0 Å². The Kier molecular flexibility index (Phi) is 15.2. The second kappa shape index (κ2) is 18.7. The predicted molar refractivity (Wildman–Crippen MR) is 157 cm³/mol. The van der Waals surface area contributed by atoms with Crippen molar-refractivity contribution < 1.29 is 15.0 Å². The lowest BCUT2D eigenvalue weighted by Gasteiger charge is -2.24. The lowest BCUT2D eigenvalue weighted by atomic mass is 9.87. The number of H-pyrrole nitrogens is 2. The smallest absolute Gasteiger partial charge is 0.328 e. The summed E-state index contributed by atoms with van der Waals surface area (Å²) in [6, 6.07) is 6.93. The molecule has 0 amide bonds. The molecule has 2 aromatic heterocycles. The summed E-state index contributed by atoms with van der Waals surface area (Å²) < 4.78 is 0. The molecular formula is C29H46N6O4. The molecule has 0 aromatic carbocycles. The van der Waals surface area contributed by atoms with Crippen molar-refractivity contribution >= 4 is 17.7 Å². The minimum atomic E-state index is -1.05. The summed E-state index contributed by atoms with van der Waals surface area (Å²) >= 11 is 0. The van der Waals surface area contributed by atoms with Gasteiger partial charge >= 0.3 is 5.97 Å². The number of aromatic amines is 2. The van der Waals surface area contributed by atoms with Crippen molar-refractivity contribution in [3.05, 3.63) is 64.2 Å². The number of nitrogens with one attached hydrogen (secondary N) is 3. The Bertz CT molecular complexity index is 1040. The molecule has 0 radical (unpaired) electrons. The van der Waals surface area contributed by atoms with Gasteiger partial charge in [-0.25, -0.2) is 9.79 Å². The van der Waals surface area contributed by atoms with Gasteiger partial charge in [-0.2, -0.15) is 0 Å². The highest BCUT2D eigenvalue weighted by Gasteiger charge is 2.19. The maximum absolute atomic E-state index is 11.6. The molecule has 0 aliphatic heterocycles. The lowest BCUT2D eigenvalue weighted by molar-refractivity contribution is -0.131. The van der Waals surface area contributed by atoms with Crippen LogP contribution in [-0.2, 0) is 11.2 Å². The zero-order valence-electron chi connectivity index (χ0n) is 22.9. The third-order valence-electron chi connectivity index (χ3n) is 6.89. The zero-order valence-corrected chi connectivity index (χ0v) is 22.9. The number of aliphatic carboxylic acids is 1. The topological polar surface area (TPSA) is 183 Å². The Balaban J connectivity index is 2.06. The Labute approximate surface area is 231 Å². The molecule has 0 spiro atoms. The number of aliphatic hydroxyl groups excluding tert-OH is 1. The first-order valence-corrected chi connectivity index (χ1v) is 14.0. The number of anilines is 1. The maximum atomic E-state index is 11.6. The fraction of sp³-hybridized carbons (Fsp3) is 0.552. The molecular weight excluding hydrogens is 496 g/mol. The minimum absolute atomic E-state index is 0.0887. The maximum Gasteiger partial charge on any atom is 0.328 e. The number of pyridine rings is 1. The van der Waals surface area contributed by atoms with Gasteiger partial charge in [-0.15, -0.1) is 0 Å². The van der Waals surface area contributed by atoms with Crippen molar-refractivity contribution in [2.45, 2.75) is 83.1 Å². The van der Waals surface area contributed by atoms with E-state index in [-0.39, 0.29) is 30.7 Å². The van der Waals surface area contributed by atoms with Gasteiger partial charge in [-0.1, -0.05) is 57.4 Å². The van der Waals surface area contributed by atoms with E-state index in [9.17, 15) is 14.7 Å². The standard InChI is InChI=1S/C29H46N6O4/c30-29(31)34-21-24(19-28(38)39)25(35-26-11-9-16-32-26)14-12-22(18-23-13-15-27(37)33-20-23)10-7-5-3-1-2-4-6-8-17-36/h9,11,13,15-16,19-20,22,25,32,35-36H,1-8,10,12,14,17-18,21H2,(H,33,37)(H,38,39)(H4,30,31,34). The summed E-state index contributed by atoms with van der Waals surface area (Å²) in [4.78, 5) is 33.1. The summed E-state index contributed by atoms with van der Waals surface area (Å²) in [5.41, 5.74) is 12.6. The van der Waals surface area contributed by atoms with E-state index in [0.29, 0.717) is 17.9 Å². The van der Waals surface area contributed by atoms with Gasteiger partial charge < -0.3 is 37.0 Å². The van der Waals surface area contributed by atoms with Gasteiger partial charge in [-0.3, -0.25) is 4.79 Å². The monoisotopic (exact) mass is 542 g/mol. The number of carboxylic acid groups (broad SMARTS) is 1. The Morgan fingerprint density at radius 3 is 2.28 bits per heavy atom. The molecule has 0 aliphatic rings. The molecule has 2 unspecified atom stereocenters. The lowest BCUT2D eigenvalue weighted by Crippen LogP contribution is -2.28. The molecule has 10 heteroatoms. The van der Waals surface area contributed by atoms with E-state index in [1.165, 1.54) is 38.2 Å². The molecule has 2 rings (SSSR count). The van der Waals surface area contributed by atoms with Crippen LogP contribution < -0.4 is 22.3 Å². The van der Waals surface area contributed by atoms with Crippen LogP contribution in [0.5, 0.6) is 0 Å². The van der Waals surface area contributed by atoms with Crippen molar-refractivity contribution in [3.63, 3.8) is 0 Å². The molecule has 9 N–H and O–H groups in total. The molecule has 0 aliphatic carbocycles. The number of nitrogens with two attached hydrogens (primary N) is 2. The SMILES string of the molecule is NC(N)=NCC(=CC(=O)O)C(CCC(CCCCCCCCCCO)Cc1ccc(=O)[nH]c1)Nc1ccc[nH]1. The summed E-state index contributed by atoms with van der Waals surface area (Å²) in [7, 11) is 0. The number of rotatable bonds is 21. The van der Waals surface area contributed by atoms with Crippen molar-refractivity contribution in [2.24, 2.45) is 22.4 Å². The molecule has 2 heterocycles. The fourth-order valence-electron chi connectivity index (χ4n) is 4.82. The number of carboxylic acids is 1. The average Bonchev–Trinajstić information content (AvgIpc) is 3.42. The summed E-state index contributed by atoms with van der Waals surface area (Å²) in [5.74, 6) is 0.0178. The predicted octanol–water partition coefficient (Wildman–Crippen LogP) is 3.91. The van der Waals surface area contributed by atoms with Crippen LogP contribution in [0.4, 0.5) is 5.82 Å². The second-order valence-electron chi connectivity index (χ2n) is 10.1. The van der Waals surface area contributed by atoms with Gasteiger partial charge in [0.25, 0.3) is 0 Å². The summed E-state index contributed by atoms with van der Waals surface area (Å²) in [6.07, 6.45) is 17.3. The zero-order chi connectivity index (χ0) is 28.3. The normalized spacial score (nSPS) is 13.1. The third-order valence-corrected chi connectivity index (χ3v) is 6.89. The summed E-state index contributed by atoms with van der Waals surface area (Å²) in [5, 5.41) is 21.8. The Morgan fingerprint density at radius 2 is 1.69 bits per heavy atom. The van der Waals surface area contributed by atoms with Crippen LogP contribution in [0.1, 0.15) is 76.2 Å². The van der Waals surface area contributed by atoms with Crippen LogP contribution >= 0.6 is 0 Å². The molecule has 0 saturated heterocycles. The van der Waals surface area contributed by atoms with Crippen LogP contribution in [-0.4, -0.2) is 51.3 Å². The van der Waals surface area contributed by atoms with Gasteiger partial charge in [0.15, 0.2) is 5.96 Å². The number of aromatic nitrogens is 2. The average molecular weight is 543 g/mol.